The van der Waals surface area contributed by atoms with Gasteiger partial charge in [0.05, 0.1) is 5.02 Å². The van der Waals surface area contributed by atoms with Crippen LogP contribution in [-0.2, 0) is 0 Å². The van der Waals surface area contributed by atoms with Crippen molar-refractivity contribution in [1.82, 2.24) is 5.32 Å². The van der Waals surface area contributed by atoms with E-state index in [2.05, 4.69) is 5.32 Å². The molecule has 0 atom stereocenters. The zero-order valence-corrected chi connectivity index (χ0v) is 11.3. The first-order chi connectivity index (χ1) is 8.56. The fraction of sp³-hybridized carbons (Fsp3) is 0.462. The minimum absolute atomic E-state index is 0.0375. The standard InChI is InChI=1S/C13H14Cl2FNO/c14-6-5-13(3-4-13)8-17-12(18)9-1-2-11(16)10(15)7-9/h1-2,7H,3-6,8H2,(H,17,18). The minimum atomic E-state index is -0.519. The van der Waals surface area contributed by atoms with Crippen molar-refractivity contribution in [2.24, 2.45) is 5.41 Å². The van der Waals surface area contributed by atoms with Gasteiger partial charge in [-0.3, -0.25) is 4.79 Å². The average molecular weight is 290 g/mol. The molecular formula is C13H14Cl2FNO. The van der Waals surface area contributed by atoms with E-state index in [1.165, 1.54) is 18.2 Å². The van der Waals surface area contributed by atoms with Crippen molar-refractivity contribution >= 4 is 29.1 Å². The van der Waals surface area contributed by atoms with Crippen LogP contribution in [0.2, 0.25) is 5.02 Å². The number of hydrogen-bond donors (Lipinski definition) is 1. The molecule has 0 bridgehead atoms. The molecule has 0 unspecified atom stereocenters. The predicted molar refractivity (Wildman–Crippen MR) is 70.7 cm³/mol. The Bertz CT molecular complexity index is 460. The van der Waals surface area contributed by atoms with Gasteiger partial charge >= 0.3 is 0 Å². The summed E-state index contributed by atoms with van der Waals surface area (Å²) in [5.74, 6) is -0.134. The average Bonchev–Trinajstić information content (AvgIpc) is 3.11. The second kappa shape index (κ2) is 5.45. The van der Waals surface area contributed by atoms with Crippen LogP contribution in [0.4, 0.5) is 4.39 Å². The number of carbonyl (C=O) groups excluding carboxylic acids is 1. The van der Waals surface area contributed by atoms with Crippen LogP contribution in [0.3, 0.4) is 0 Å². The molecule has 0 aromatic heterocycles. The van der Waals surface area contributed by atoms with Crippen LogP contribution >= 0.6 is 23.2 Å². The third-order valence-electron chi connectivity index (χ3n) is 3.39. The number of amides is 1. The SMILES string of the molecule is O=C(NCC1(CCCl)CC1)c1ccc(F)c(Cl)c1. The number of carbonyl (C=O) groups is 1. The molecule has 1 N–H and O–H groups in total. The van der Waals surface area contributed by atoms with E-state index in [1.807, 2.05) is 0 Å². The molecule has 1 fully saturated rings. The Balaban J connectivity index is 1.93. The Kier molecular flexibility index (Phi) is 4.13. The van der Waals surface area contributed by atoms with Gasteiger partial charge in [0.2, 0.25) is 0 Å². The first kappa shape index (κ1) is 13.6. The van der Waals surface area contributed by atoms with Gasteiger partial charge in [-0.25, -0.2) is 4.39 Å². The smallest absolute Gasteiger partial charge is 0.251 e. The van der Waals surface area contributed by atoms with E-state index in [9.17, 15) is 9.18 Å². The first-order valence-electron chi connectivity index (χ1n) is 5.86. The number of alkyl halides is 1. The first-order valence-corrected chi connectivity index (χ1v) is 6.77. The Labute approximate surface area is 115 Å². The fourth-order valence-electron chi connectivity index (χ4n) is 1.90. The van der Waals surface area contributed by atoms with Gasteiger partial charge in [0.25, 0.3) is 5.91 Å². The summed E-state index contributed by atoms with van der Waals surface area (Å²) < 4.78 is 13.0. The van der Waals surface area contributed by atoms with Crippen LogP contribution in [0.1, 0.15) is 29.6 Å². The summed E-state index contributed by atoms with van der Waals surface area (Å²) in [7, 11) is 0. The molecule has 98 valence electrons. The van der Waals surface area contributed by atoms with Crippen LogP contribution in [0.15, 0.2) is 18.2 Å². The van der Waals surface area contributed by atoms with Crippen molar-refractivity contribution in [3.8, 4) is 0 Å². The Morgan fingerprint density at radius 2 is 2.17 bits per heavy atom. The molecule has 2 rings (SSSR count). The molecule has 0 aliphatic heterocycles. The lowest BCUT2D eigenvalue weighted by molar-refractivity contribution is 0.0944. The summed E-state index contributed by atoms with van der Waals surface area (Å²) in [6.45, 7) is 0.619. The molecule has 1 aliphatic rings. The molecular weight excluding hydrogens is 276 g/mol. The van der Waals surface area contributed by atoms with Gasteiger partial charge in [-0.05, 0) is 42.9 Å². The lowest BCUT2D eigenvalue weighted by Gasteiger charge is -2.14. The molecule has 0 radical (unpaired) electrons. The minimum Gasteiger partial charge on any atom is -0.351 e. The summed E-state index contributed by atoms with van der Waals surface area (Å²) in [6.07, 6.45) is 3.12. The molecule has 0 saturated heterocycles. The quantitative estimate of drug-likeness (QED) is 0.824. The molecule has 0 spiro atoms. The molecule has 2 nitrogen and oxygen atoms in total. The number of nitrogens with one attached hydrogen (secondary N) is 1. The molecule has 0 heterocycles. The molecule has 18 heavy (non-hydrogen) atoms. The van der Waals surface area contributed by atoms with Gasteiger partial charge in [-0.2, -0.15) is 0 Å². The largest absolute Gasteiger partial charge is 0.351 e. The van der Waals surface area contributed by atoms with Crippen molar-refractivity contribution < 1.29 is 9.18 Å². The molecule has 1 aliphatic carbocycles. The van der Waals surface area contributed by atoms with Gasteiger partial charge in [0.15, 0.2) is 0 Å². The zero-order chi connectivity index (χ0) is 13.2. The van der Waals surface area contributed by atoms with Crippen molar-refractivity contribution in [3.05, 3.63) is 34.6 Å². The van der Waals surface area contributed by atoms with Crippen molar-refractivity contribution in [3.63, 3.8) is 0 Å². The summed E-state index contributed by atoms with van der Waals surface area (Å²) in [6, 6.07) is 3.97. The zero-order valence-electron chi connectivity index (χ0n) is 9.81. The van der Waals surface area contributed by atoms with E-state index >= 15 is 0 Å². The van der Waals surface area contributed by atoms with Crippen LogP contribution in [-0.4, -0.2) is 18.3 Å². The highest BCUT2D eigenvalue weighted by atomic mass is 35.5. The van der Waals surface area contributed by atoms with E-state index in [-0.39, 0.29) is 16.3 Å². The van der Waals surface area contributed by atoms with Crippen LogP contribution < -0.4 is 5.32 Å². The van der Waals surface area contributed by atoms with E-state index in [4.69, 9.17) is 23.2 Å². The van der Waals surface area contributed by atoms with Gasteiger partial charge < -0.3 is 5.32 Å². The van der Waals surface area contributed by atoms with Crippen molar-refractivity contribution in [2.75, 3.05) is 12.4 Å². The Morgan fingerprint density at radius 1 is 1.44 bits per heavy atom. The number of benzene rings is 1. The molecule has 1 saturated carbocycles. The van der Waals surface area contributed by atoms with Crippen molar-refractivity contribution in [1.29, 1.82) is 0 Å². The highest BCUT2D eigenvalue weighted by molar-refractivity contribution is 6.31. The Hall–Kier alpha value is -0.800. The third-order valence-corrected chi connectivity index (χ3v) is 3.87. The monoisotopic (exact) mass is 289 g/mol. The predicted octanol–water partition coefficient (Wildman–Crippen LogP) is 3.62. The van der Waals surface area contributed by atoms with Crippen molar-refractivity contribution in [2.45, 2.75) is 19.3 Å². The van der Waals surface area contributed by atoms with Crippen LogP contribution in [0, 0.1) is 11.2 Å². The summed E-state index contributed by atoms with van der Waals surface area (Å²) in [5.41, 5.74) is 0.560. The summed E-state index contributed by atoms with van der Waals surface area (Å²) in [4.78, 5) is 11.9. The van der Waals surface area contributed by atoms with E-state index < -0.39 is 5.82 Å². The molecule has 1 aromatic rings. The lowest BCUT2D eigenvalue weighted by atomic mass is 10.0. The van der Waals surface area contributed by atoms with E-state index in [1.54, 1.807) is 0 Å². The summed E-state index contributed by atoms with van der Waals surface area (Å²) in [5, 5.41) is 2.82. The molecule has 5 heteroatoms. The third kappa shape index (κ3) is 3.15. The van der Waals surface area contributed by atoms with E-state index in [0.717, 1.165) is 19.3 Å². The lowest BCUT2D eigenvalue weighted by Crippen LogP contribution is -2.30. The maximum absolute atomic E-state index is 13.0. The number of hydrogen-bond acceptors (Lipinski definition) is 1. The van der Waals surface area contributed by atoms with Gasteiger partial charge in [0, 0.05) is 18.0 Å². The second-order valence-corrected chi connectivity index (χ2v) is 5.54. The van der Waals surface area contributed by atoms with Gasteiger partial charge in [-0.1, -0.05) is 11.6 Å². The number of halogens is 3. The highest BCUT2D eigenvalue weighted by Crippen LogP contribution is 2.48. The number of rotatable bonds is 5. The van der Waals surface area contributed by atoms with Crippen LogP contribution in [0.5, 0.6) is 0 Å². The van der Waals surface area contributed by atoms with Crippen LogP contribution in [0.25, 0.3) is 0 Å². The summed E-state index contributed by atoms with van der Waals surface area (Å²) >= 11 is 11.4. The maximum atomic E-state index is 13.0. The van der Waals surface area contributed by atoms with Gasteiger partial charge in [-0.15, -0.1) is 11.6 Å². The Morgan fingerprint density at radius 3 is 2.72 bits per heavy atom. The fourth-order valence-corrected chi connectivity index (χ4v) is 2.48. The second-order valence-electron chi connectivity index (χ2n) is 4.75. The molecule has 1 amide bonds. The topological polar surface area (TPSA) is 29.1 Å². The highest BCUT2D eigenvalue weighted by Gasteiger charge is 2.41. The maximum Gasteiger partial charge on any atom is 0.251 e. The normalized spacial score (nSPS) is 16.4. The van der Waals surface area contributed by atoms with E-state index in [0.29, 0.717) is 18.0 Å². The van der Waals surface area contributed by atoms with Gasteiger partial charge in [0.1, 0.15) is 5.82 Å². The molecule has 1 aromatic carbocycles.